The monoisotopic (exact) mass is 262 g/mol. The zero-order valence-electron chi connectivity index (χ0n) is 10.2. The fourth-order valence-corrected chi connectivity index (χ4v) is 2.12. The van der Waals surface area contributed by atoms with Gasteiger partial charge < -0.3 is 15.7 Å². The van der Waals surface area contributed by atoms with Crippen molar-refractivity contribution in [1.82, 2.24) is 0 Å². The van der Waals surface area contributed by atoms with E-state index in [2.05, 4.69) is 0 Å². The SMILES string of the molecule is NC(=O)C1CC(=O)N(c2ccc(CC(=O)O)cc2)C1. The summed E-state index contributed by atoms with van der Waals surface area (Å²) in [5.41, 5.74) is 6.51. The third-order valence-corrected chi connectivity index (χ3v) is 3.13. The molecule has 1 aliphatic heterocycles. The van der Waals surface area contributed by atoms with E-state index in [4.69, 9.17) is 10.8 Å². The molecule has 1 unspecified atom stereocenters. The van der Waals surface area contributed by atoms with E-state index in [1.165, 1.54) is 4.90 Å². The largest absolute Gasteiger partial charge is 0.481 e. The van der Waals surface area contributed by atoms with Crippen molar-refractivity contribution in [1.29, 1.82) is 0 Å². The maximum atomic E-state index is 11.8. The minimum absolute atomic E-state index is 0.0574. The zero-order valence-corrected chi connectivity index (χ0v) is 10.2. The molecule has 1 saturated heterocycles. The molecule has 2 amide bonds. The Labute approximate surface area is 109 Å². The van der Waals surface area contributed by atoms with E-state index in [1.807, 2.05) is 0 Å². The Morgan fingerprint density at radius 3 is 2.42 bits per heavy atom. The van der Waals surface area contributed by atoms with Crippen molar-refractivity contribution in [2.75, 3.05) is 11.4 Å². The Morgan fingerprint density at radius 2 is 1.95 bits per heavy atom. The van der Waals surface area contributed by atoms with E-state index in [1.54, 1.807) is 24.3 Å². The fraction of sp³-hybridized carbons (Fsp3) is 0.308. The van der Waals surface area contributed by atoms with Crippen LogP contribution >= 0.6 is 0 Å². The van der Waals surface area contributed by atoms with Gasteiger partial charge in [0.25, 0.3) is 0 Å². The Bertz CT molecular complexity index is 524. The average molecular weight is 262 g/mol. The van der Waals surface area contributed by atoms with E-state index < -0.39 is 17.8 Å². The van der Waals surface area contributed by atoms with Crippen LogP contribution in [0.1, 0.15) is 12.0 Å². The lowest BCUT2D eigenvalue weighted by molar-refractivity contribution is -0.136. The number of amides is 2. The number of carboxylic acid groups (broad SMARTS) is 1. The van der Waals surface area contributed by atoms with Crippen LogP contribution in [0.15, 0.2) is 24.3 Å². The summed E-state index contributed by atoms with van der Waals surface area (Å²) in [5, 5.41) is 8.67. The molecule has 1 atom stereocenters. The van der Waals surface area contributed by atoms with Gasteiger partial charge in [-0.15, -0.1) is 0 Å². The Morgan fingerprint density at radius 1 is 1.32 bits per heavy atom. The summed E-state index contributed by atoms with van der Waals surface area (Å²) in [6, 6.07) is 6.68. The Hall–Kier alpha value is -2.37. The first kappa shape index (κ1) is 13.1. The maximum absolute atomic E-state index is 11.8. The highest BCUT2D eigenvalue weighted by Crippen LogP contribution is 2.25. The number of nitrogens with zero attached hydrogens (tertiary/aromatic N) is 1. The van der Waals surface area contributed by atoms with Crippen LogP contribution in [0, 0.1) is 5.92 Å². The van der Waals surface area contributed by atoms with E-state index >= 15 is 0 Å². The van der Waals surface area contributed by atoms with Gasteiger partial charge in [-0.1, -0.05) is 12.1 Å². The second-order valence-electron chi connectivity index (χ2n) is 4.54. The molecule has 1 aromatic rings. The number of nitrogens with two attached hydrogens (primary N) is 1. The fourth-order valence-electron chi connectivity index (χ4n) is 2.12. The third kappa shape index (κ3) is 2.90. The van der Waals surface area contributed by atoms with E-state index in [-0.39, 0.29) is 25.3 Å². The van der Waals surface area contributed by atoms with Gasteiger partial charge in [0.15, 0.2) is 0 Å². The molecule has 0 spiro atoms. The third-order valence-electron chi connectivity index (χ3n) is 3.13. The van der Waals surface area contributed by atoms with Gasteiger partial charge in [0.05, 0.1) is 12.3 Å². The molecule has 1 aliphatic rings. The van der Waals surface area contributed by atoms with Gasteiger partial charge in [-0.05, 0) is 17.7 Å². The van der Waals surface area contributed by atoms with Crippen LogP contribution in [-0.4, -0.2) is 29.4 Å². The van der Waals surface area contributed by atoms with Crippen molar-refractivity contribution >= 4 is 23.5 Å². The zero-order chi connectivity index (χ0) is 14.0. The first-order valence-corrected chi connectivity index (χ1v) is 5.88. The normalized spacial score (nSPS) is 18.6. The number of anilines is 1. The second-order valence-corrected chi connectivity index (χ2v) is 4.54. The minimum Gasteiger partial charge on any atom is -0.481 e. The van der Waals surface area contributed by atoms with Gasteiger partial charge in [0.1, 0.15) is 0 Å². The predicted molar refractivity (Wildman–Crippen MR) is 67.4 cm³/mol. The highest BCUT2D eigenvalue weighted by molar-refractivity contribution is 6.00. The molecule has 2 rings (SSSR count). The van der Waals surface area contributed by atoms with E-state index in [0.29, 0.717) is 11.3 Å². The molecule has 0 aliphatic carbocycles. The summed E-state index contributed by atoms with van der Waals surface area (Å²) in [4.78, 5) is 34.9. The highest BCUT2D eigenvalue weighted by atomic mass is 16.4. The van der Waals surface area contributed by atoms with Gasteiger partial charge in [0, 0.05) is 18.7 Å². The number of hydrogen-bond donors (Lipinski definition) is 2. The van der Waals surface area contributed by atoms with Gasteiger partial charge >= 0.3 is 5.97 Å². The van der Waals surface area contributed by atoms with Crippen molar-refractivity contribution in [3.63, 3.8) is 0 Å². The molecule has 0 bridgehead atoms. The van der Waals surface area contributed by atoms with Crippen molar-refractivity contribution in [3.05, 3.63) is 29.8 Å². The van der Waals surface area contributed by atoms with Crippen LogP contribution in [-0.2, 0) is 20.8 Å². The molecule has 1 fully saturated rings. The lowest BCUT2D eigenvalue weighted by Gasteiger charge is -2.16. The number of carbonyl (C=O) groups is 3. The summed E-state index contributed by atoms with van der Waals surface area (Å²) in [7, 11) is 0. The molecule has 19 heavy (non-hydrogen) atoms. The van der Waals surface area contributed by atoms with Crippen LogP contribution < -0.4 is 10.6 Å². The van der Waals surface area contributed by atoms with Crippen LogP contribution in [0.4, 0.5) is 5.69 Å². The summed E-state index contributed by atoms with van der Waals surface area (Å²) >= 11 is 0. The van der Waals surface area contributed by atoms with Gasteiger partial charge in [-0.2, -0.15) is 0 Å². The number of carbonyl (C=O) groups excluding carboxylic acids is 2. The number of carboxylic acids is 1. The second kappa shape index (κ2) is 5.09. The summed E-state index contributed by atoms with van der Waals surface area (Å²) < 4.78 is 0. The average Bonchev–Trinajstić information content (AvgIpc) is 2.72. The van der Waals surface area contributed by atoms with Crippen molar-refractivity contribution in [2.24, 2.45) is 11.7 Å². The van der Waals surface area contributed by atoms with Crippen molar-refractivity contribution in [3.8, 4) is 0 Å². The number of rotatable bonds is 4. The van der Waals surface area contributed by atoms with E-state index in [0.717, 1.165) is 0 Å². The van der Waals surface area contributed by atoms with Crippen LogP contribution in [0.25, 0.3) is 0 Å². The van der Waals surface area contributed by atoms with Crippen LogP contribution in [0.2, 0.25) is 0 Å². The summed E-state index contributed by atoms with van der Waals surface area (Å²) in [6.07, 6.45) is 0.0738. The predicted octanol–water partition coefficient (Wildman–Crippen LogP) is 0.152. The number of hydrogen-bond acceptors (Lipinski definition) is 3. The first-order chi connectivity index (χ1) is 8.97. The number of aliphatic carboxylic acids is 1. The molecule has 0 aromatic heterocycles. The standard InChI is InChI=1S/C13H14N2O4/c14-13(19)9-6-11(16)15(7-9)10-3-1-8(2-4-10)5-12(17)18/h1-4,9H,5-7H2,(H2,14,19)(H,17,18). The molecule has 1 heterocycles. The summed E-state index contributed by atoms with van der Waals surface area (Å²) in [6.45, 7) is 0.284. The molecule has 6 heteroatoms. The van der Waals surface area contributed by atoms with Crippen molar-refractivity contribution in [2.45, 2.75) is 12.8 Å². The van der Waals surface area contributed by atoms with Gasteiger partial charge in [0.2, 0.25) is 11.8 Å². The Balaban J connectivity index is 2.12. The molecular formula is C13H14N2O4. The molecule has 0 saturated carbocycles. The molecular weight excluding hydrogens is 248 g/mol. The highest BCUT2D eigenvalue weighted by Gasteiger charge is 2.33. The van der Waals surface area contributed by atoms with Crippen LogP contribution in [0.5, 0.6) is 0 Å². The van der Waals surface area contributed by atoms with Crippen molar-refractivity contribution < 1.29 is 19.5 Å². The molecule has 0 radical (unpaired) electrons. The first-order valence-electron chi connectivity index (χ1n) is 5.88. The quantitative estimate of drug-likeness (QED) is 0.806. The van der Waals surface area contributed by atoms with E-state index in [9.17, 15) is 14.4 Å². The minimum atomic E-state index is -0.904. The maximum Gasteiger partial charge on any atom is 0.307 e. The van der Waals surface area contributed by atoms with Gasteiger partial charge in [-0.25, -0.2) is 0 Å². The smallest absolute Gasteiger partial charge is 0.307 e. The Kier molecular flexibility index (Phi) is 3.50. The lowest BCUT2D eigenvalue weighted by Crippen LogP contribution is -2.28. The molecule has 100 valence electrons. The lowest BCUT2D eigenvalue weighted by atomic mass is 10.1. The molecule has 3 N–H and O–H groups in total. The topological polar surface area (TPSA) is 101 Å². The summed E-state index contributed by atoms with van der Waals surface area (Å²) in [5.74, 6) is -1.97. The number of benzene rings is 1. The molecule has 1 aromatic carbocycles. The molecule has 6 nitrogen and oxygen atoms in total. The van der Waals surface area contributed by atoms with Gasteiger partial charge in [-0.3, -0.25) is 14.4 Å². The number of primary amides is 1. The van der Waals surface area contributed by atoms with Crippen LogP contribution in [0.3, 0.4) is 0 Å².